The highest BCUT2D eigenvalue weighted by Gasteiger charge is 2.21. The molecule has 0 atom stereocenters. The lowest BCUT2D eigenvalue weighted by Crippen LogP contribution is -3.12. The van der Waals surface area contributed by atoms with Crippen molar-refractivity contribution < 1.29 is 18.8 Å². The Morgan fingerprint density at radius 3 is 2.71 bits per heavy atom. The zero-order chi connectivity index (χ0) is 17.1. The summed E-state index contributed by atoms with van der Waals surface area (Å²) in [5.41, 5.74) is 0.769. The number of quaternary nitrogens is 1. The second kappa shape index (κ2) is 7.36. The van der Waals surface area contributed by atoms with Crippen LogP contribution in [0.1, 0.15) is 19.8 Å². The summed E-state index contributed by atoms with van der Waals surface area (Å²) in [6.07, 6.45) is 2.50. The Labute approximate surface area is 147 Å². The van der Waals surface area contributed by atoms with E-state index in [0.29, 0.717) is 16.5 Å². The van der Waals surface area contributed by atoms with Gasteiger partial charge in [-0.05, 0) is 43.1 Å². The van der Waals surface area contributed by atoms with E-state index >= 15 is 0 Å². The van der Waals surface area contributed by atoms with E-state index in [1.165, 1.54) is 17.7 Å². The first-order valence-electron chi connectivity index (χ1n) is 8.24. The molecule has 0 radical (unpaired) electrons. The molecule has 1 aliphatic rings. The van der Waals surface area contributed by atoms with Crippen LogP contribution < -0.4 is 14.4 Å². The van der Waals surface area contributed by atoms with Crippen LogP contribution in [0, 0.1) is 10.8 Å². The third kappa shape index (κ3) is 3.62. The van der Waals surface area contributed by atoms with E-state index in [0.717, 1.165) is 37.0 Å². The summed E-state index contributed by atoms with van der Waals surface area (Å²) in [6.45, 7) is 5.36. The van der Waals surface area contributed by atoms with Crippen LogP contribution in [0.15, 0.2) is 22.6 Å². The number of rotatable bonds is 5. The molecule has 7 heteroatoms. The number of benzene rings is 1. The number of aromatic nitrogens is 2. The number of nitrogens with one attached hydrogen (secondary N) is 1. The van der Waals surface area contributed by atoms with Crippen molar-refractivity contribution in [1.82, 2.24) is 9.78 Å². The van der Waals surface area contributed by atoms with Crippen molar-refractivity contribution in [3.05, 3.63) is 23.0 Å². The molecule has 0 aliphatic carbocycles. The van der Waals surface area contributed by atoms with Gasteiger partial charge in [-0.3, -0.25) is 0 Å². The molecule has 0 bridgehead atoms. The van der Waals surface area contributed by atoms with Crippen LogP contribution in [0.4, 0.5) is 0 Å². The van der Waals surface area contributed by atoms with Crippen molar-refractivity contribution >= 4 is 12.2 Å². The number of hydrogen-bond donors (Lipinski definition) is 1. The fourth-order valence-corrected chi connectivity index (χ4v) is 3.21. The fourth-order valence-electron chi connectivity index (χ4n) is 3.03. The Morgan fingerprint density at radius 1 is 1.29 bits per heavy atom. The summed E-state index contributed by atoms with van der Waals surface area (Å²) in [7, 11) is 3.24. The van der Waals surface area contributed by atoms with Gasteiger partial charge in [-0.15, -0.1) is 5.10 Å². The second-order valence-corrected chi connectivity index (χ2v) is 6.68. The SMILES string of the molecule is COc1ccc(-c2nn(C[NH+]3CCC(C)CC3)c(=S)o2)c(OC)c1. The number of methoxy groups -OCH3 is 2. The topological polar surface area (TPSA) is 53.9 Å². The molecule has 3 rings (SSSR count). The standard InChI is InChI=1S/C17H23N3O3S/c1-12-6-8-19(9-7-12)11-20-17(24)23-16(18-20)14-5-4-13(21-2)10-15(14)22-3/h4-5,10,12H,6-9,11H2,1-3H3/p+1. The van der Waals surface area contributed by atoms with Crippen LogP contribution in [0.2, 0.25) is 0 Å². The van der Waals surface area contributed by atoms with Crippen LogP contribution in [0.25, 0.3) is 11.5 Å². The van der Waals surface area contributed by atoms with E-state index in [9.17, 15) is 0 Å². The third-order valence-corrected chi connectivity index (χ3v) is 4.89. The smallest absolute Gasteiger partial charge is 0.292 e. The largest absolute Gasteiger partial charge is 0.497 e. The number of ether oxygens (including phenoxy) is 2. The summed E-state index contributed by atoms with van der Waals surface area (Å²) in [5, 5.41) is 4.56. The van der Waals surface area contributed by atoms with Crippen LogP contribution in [-0.2, 0) is 6.67 Å². The summed E-state index contributed by atoms with van der Waals surface area (Å²) >= 11 is 5.35. The Morgan fingerprint density at radius 2 is 2.04 bits per heavy atom. The molecule has 2 aromatic rings. The summed E-state index contributed by atoms with van der Waals surface area (Å²) in [6, 6.07) is 5.54. The Bertz CT molecular complexity index is 748. The quantitative estimate of drug-likeness (QED) is 0.838. The lowest BCUT2D eigenvalue weighted by Gasteiger charge is -2.26. The van der Waals surface area contributed by atoms with Crippen molar-refractivity contribution in [1.29, 1.82) is 0 Å². The average Bonchev–Trinajstić information content (AvgIpc) is 2.96. The Balaban J connectivity index is 1.82. The van der Waals surface area contributed by atoms with Gasteiger partial charge in [-0.2, -0.15) is 4.68 Å². The number of piperidine rings is 1. The highest BCUT2D eigenvalue weighted by atomic mass is 32.1. The van der Waals surface area contributed by atoms with E-state index < -0.39 is 0 Å². The first-order valence-corrected chi connectivity index (χ1v) is 8.65. The average molecular weight is 350 g/mol. The maximum absolute atomic E-state index is 5.71. The molecule has 0 spiro atoms. The van der Waals surface area contributed by atoms with Crippen LogP contribution in [0.5, 0.6) is 11.5 Å². The monoisotopic (exact) mass is 350 g/mol. The molecule has 130 valence electrons. The van der Waals surface area contributed by atoms with Crippen molar-refractivity contribution in [3.63, 3.8) is 0 Å². The summed E-state index contributed by atoms with van der Waals surface area (Å²) in [4.78, 5) is 1.89. The van der Waals surface area contributed by atoms with E-state index in [4.69, 9.17) is 26.1 Å². The minimum atomic E-state index is 0.397. The molecular formula is C17H24N3O3S+. The molecule has 1 saturated heterocycles. The van der Waals surface area contributed by atoms with Gasteiger partial charge in [0.1, 0.15) is 11.5 Å². The number of nitrogens with zero attached hydrogens (tertiary/aromatic N) is 2. The normalized spacial score (nSPS) is 20.8. The molecule has 1 aromatic carbocycles. The van der Waals surface area contributed by atoms with E-state index in [2.05, 4.69) is 12.0 Å². The highest BCUT2D eigenvalue weighted by molar-refractivity contribution is 7.71. The first-order chi connectivity index (χ1) is 11.6. The molecule has 1 N–H and O–H groups in total. The first kappa shape index (κ1) is 17.0. The van der Waals surface area contributed by atoms with E-state index in [-0.39, 0.29) is 0 Å². The second-order valence-electron chi connectivity index (χ2n) is 6.33. The van der Waals surface area contributed by atoms with Crippen molar-refractivity contribution in [2.75, 3.05) is 27.3 Å². The van der Waals surface area contributed by atoms with Gasteiger partial charge in [0.15, 0.2) is 6.67 Å². The minimum absolute atomic E-state index is 0.397. The number of hydrogen-bond acceptors (Lipinski definition) is 5. The van der Waals surface area contributed by atoms with Crippen molar-refractivity contribution in [3.8, 4) is 23.0 Å². The van der Waals surface area contributed by atoms with Crippen LogP contribution in [0.3, 0.4) is 0 Å². The van der Waals surface area contributed by atoms with Gasteiger partial charge in [0, 0.05) is 6.07 Å². The maximum Gasteiger partial charge on any atom is 0.292 e. The maximum atomic E-state index is 5.71. The molecule has 0 saturated carbocycles. The fraction of sp³-hybridized carbons (Fsp3) is 0.529. The lowest BCUT2D eigenvalue weighted by molar-refractivity contribution is -0.929. The Hall–Kier alpha value is -1.86. The van der Waals surface area contributed by atoms with E-state index in [1.54, 1.807) is 18.9 Å². The summed E-state index contributed by atoms with van der Waals surface area (Å²) in [5.74, 6) is 2.67. The van der Waals surface area contributed by atoms with Gasteiger partial charge in [0.05, 0.1) is 32.9 Å². The molecular weight excluding hydrogens is 326 g/mol. The van der Waals surface area contributed by atoms with Crippen molar-refractivity contribution in [2.24, 2.45) is 5.92 Å². The Kier molecular flexibility index (Phi) is 5.20. The van der Waals surface area contributed by atoms with Gasteiger partial charge in [0.2, 0.25) is 0 Å². The molecule has 6 nitrogen and oxygen atoms in total. The predicted octanol–water partition coefficient (Wildman–Crippen LogP) is 2.16. The van der Waals surface area contributed by atoms with E-state index in [1.807, 2.05) is 18.2 Å². The van der Waals surface area contributed by atoms with Gasteiger partial charge in [-0.1, -0.05) is 6.92 Å². The molecule has 24 heavy (non-hydrogen) atoms. The van der Waals surface area contributed by atoms with Gasteiger partial charge in [-0.25, -0.2) is 0 Å². The third-order valence-electron chi connectivity index (χ3n) is 4.60. The zero-order valence-corrected chi connectivity index (χ0v) is 15.2. The van der Waals surface area contributed by atoms with Crippen LogP contribution >= 0.6 is 12.2 Å². The molecule has 1 fully saturated rings. The number of likely N-dealkylation sites (tertiary alicyclic amines) is 1. The molecule has 1 aliphatic heterocycles. The minimum Gasteiger partial charge on any atom is -0.497 e. The lowest BCUT2D eigenvalue weighted by atomic mass is 10.00. The zero-order valence-electron chi connectivity index (χ0n) is 14.4. The highest BCUT2D eigenvalue weighted by Crippen LogP contribution is 2.32. The van der Waals surface area contributed by atoms with Crippen molar-refractivity contribution in [2.45, 2.75) is 26.4 Å². The molecule has 2 heterocycles. The van der Waals surface area contributed by atoms with Gasteiger partial charge in [0.25, 0.3) is 10.7 Å². The van der Waals surface area contributed by atoms with Gasteiger partial charge >= 0.3 is 0 Å². The summed E-state index contributed by atoms with van der Waals surface area (Å²) < 4.78 is 18.1. The molecule has 0 unspecified atom stereocenters. The van der Waals surface area contributed by atoms with Crippen LogP contribution in [-0.4, -0.2) is 37.1 Å². The molecule has 1 aromatic heterocycles. The molecule has 0 amide bonds. The predicted molar refractivity (Wildman–Crippen MR) is 93.0 cm³/mol. The van der Waals surface area contributed by atoms with Gasteiger partial charge < -0.3 is 18.8 Å².